The minimum absolute atomic E-state index is 0.0414. The third-order valence-electron chi connectivity index (χ3n) is 5.46. The van der Waals surface area contributed by atoms with Crippen LogP contribution in [0.5, 0.6) is 11.5 Å². The van der Waals surface area contributed by atoms with Crippen molar-refractivity contribution in [3.8, 4) is 22.6 Å². The third-order valence-corrected chi connectivity index (χ3v) is 6.36. The molecule has 182 valence electrons. The molecule has 0 radical (unpaired) electrons. The van der Waals surface area contributed by atoms with Crippen molar-refractivity contribution in [2.75, 3.05) is 19.4 Å². The van der Waals surface area contributed by atoms with Crippen molar-refractivity contribution < 1.29 is 23.8 Å². The molecule has 0 amide bonds. The van der Waals surface area contributed by atoms with E-state index in [0.717, 1.165) is 61.2 Å². The highest BCUT2D eigenvalue weighted by Crippen LogP contribution is 2.39. The SMILES string of the molecule is C=CCCCCCCCOc1cccc(OCCCCCCP(=O)(O)O)c1-c1ccccc1. The number of ether oxygens (including phenoxy) is 2. The van der Waals surface area contributed by atoms with Crippen LogP contribution < -0.4 is 9.47 Å². The first-order chi connectivity index (χ1) is 16.0. The van der Waals surface area contributed by atoms with Crippen LogP contribution in [0, 0.1) is 0 Å². The van der Waals surface area contributed by atoms with Gasteiger partial charge in [0.15, 0.2) is 0 Å². The zero-order chi connectivity index (χ0) is 23.8. The summed E-state index contributed by atoms with van der Waals surface area (Å²) in [6.45, 7) is 5.01. The van der Waals surface area contributed by atoms with E-state index in [2.05, 4.69) is 18.7 Å². The summed E-state index contributed by atoms with van der Waals surface area (Å²) in [4.78, 5) is 17.9. The zero-order valence-corrected chi connectivity index (χ0v) is 20.6. The maximum Gasteiger partial charge on any atom is 0.325 e. The molecule has 0 fully saturated rings. The number of rotatable bonds is 18. The minimum atomic E-state index is -3.88. The van der Waals surface area contributed by atoms with E-state index in [0.29, 0.717) is 19.6 Å². The Labute approximate surface area is 199 Å². The molecule has 0 spiro atoms. The van der Waals surface area contributed by atoms with Gasteiger partial charge in [-0.25, -0.2) is 0 Å². The first-order valence-electron chi connectivity index (χ1n) is 12.1. The fraction of sp³-hybridized carbons (Fsp3) is 0.481. The molecular weight excluding hydrogens is 435 g/mol. The second kappa shape index (κ2) is 15.7. The van der Waals surface area contributed by atoms with Crippen LogP contribution in [0.25, 0.3) is 11.1 Å². The number of allylic oxidation sites excluding steroid dienone is 1. The van der Waals surface area contributed by atoms with E-state index in [1.165, 1.54) is 19.3 Å². The van der Waals surface area contributed by atoms with Gasteiger partial charge in [0.05, 0.1) is 18.8 Å². The van der Waals surface area contributed by atoms with Gasteiger partial charge in [0, 0.05) is 6.16 Å². The summed E-state index contributed by atoms with van der Waals surface area (Å²) in [6, 6.07) is 16.1. The van der Waals surface area contributed by atoms with E-state index in [9.17, 15) is 4.57 Å². The van der Waals surface area contributed by atoms with Crippen molar-refractivity contribution in [3.05, 3.63) is 61.2 Å². The third kappa shape index (κ3) is 11.6. The molecule has 0 atom stereocenters. The van der Waals surface area contributed by atoms with E-state index < -0.39 is 7.60 Å². The van der Waals surface area contributed by atoms with Crippen molar-refractivity contribution in [3.63, 3.8) is 0 Å². The molecule has 0 saturated carbocycles. The molecule has 0 bridgehead atoms. The fourth-order valence-electron chi connectivity index (χ4n) is 3.70. The van der Waals surface area contributed by atoms with Crippen LogP contribution in [0.2, 0.25) is 0 Å². The van der Waals surface area contributed by atoms with Crippen molar-refractivity contribution in [1.29, 1.82) is 0 Å². The van der Waals surface area contributed by atoms with Gasteiger partial charge in [-0.05, 0) is 49.8 Å². The van der Waals surface area contributed by atoms with Crippen LogP contribution in [-0.2, 0) is 4.57 Å². The van der Waals surface area contributed by atoms with Gasteiger partial charge in [-0.1, -0.05) is 74.6 Å². The van der Waals surface area contributed by atoms with Gasteiger partial charge in [-0.15, -0.1) is 6.58 Å². The van der Waals surface area contributed by atoms with E-state index in [-0.39, 0.29) is 6.16 Å². The zero-order valence-electron chi connectivity index (χ0n) is 19.7. The van der Waals surface area contributed by atoms with E-state index in [1.54, 1.807) is 0 Å². The summed E-state index contributed by atoms with van der Waals surface area (Å²) in [7, 11) is -3.88. The maximum atomic E-state index is 10.9. The molecule has 2 aromatic carbocycles. The van der Waals surface area contributed by atoms with Gasteiger partial charge in [0.2, 0.25) is 0 Å². The molecule has 0 heterocycles. The van der Waals surface area contributed by atoms with Crippen LogP contribution in [0.3, 0.4) is 0 Å². The molecule has 2 aromatic rings. The summed E-state index contributed by atoms with van der Waals surface area (Å²) in [5.74, 6) is 1.64. The molecule has 0 aromatic heterocycles. The molecule has 33 heavy (non-hydrogen) atoms. The predicted octanol–water partition coefficient (Wildman–Crippen LogP) is 7.38. The molecule has 6 heteroatoms. The van der Waals surface area contributed by atoms with Crippen molar-refractivity contribution in [2.45, 2.75) is 64.2 Å². The summed E-state index contributed by atoms with van der Waals surface area (Å²) in [5, 5.41) is 0. The average Bonchev–Trinajstić information content (AvgIpc) is 2.80. The maximum absolute atomic E-state index is 10.9. The number of hydrogen-bond acceptors (Lipinski definition) is 3. The standard InChI is InChI=1S/C27H39O5P/c1-2-3-4-5-6-7-13-21-31-25-19-16-20-26(27(25)24-17-11-10-12-18-24)32-22-14-8-9-15-23-33(28,29)30/h2,10-12,16-20H,1,3-9,13-15,21-23H2,(H2,28,29,30). The molecule has 0 saturated heterocycles. The topological polar surface area (TPSA) is 76.0 Å². The van der Waals surface area contributed by atoms with Gasteiger partial charge in [0.25, 0.3) is 0 Å². The van der Waals surface area contributed by atoms with E-state index in [4.69, 9.17) is 19.3 Å². The second-order valence-corrected chi connectivity index (χ2v) is 10.1. The van der Waals surface area contributed by atoms with Crippen molar-refractivity contribution in [1.82, 2.24) is 0 Å². The molecule has 0 unspecified atom stereocenters. The average molecular weight is 475 g/mol. The normalized spacial score (nSPS) is 11.3. The number of benzene rings is 2. The monoisotopic (exact) mass is 474 g/mol. The molecule has 0 aliphatic heterocycles. The fourth-order valence-corrected chi connectivity index (χ4v) is 4.34. The van der Waals surface area contributed by atoms with E-state index in [1.807, 2.05) is 42.5 Å². The highest BCUT2D eigenvalue weighted by Gasteiger charge is 2.14. The first-order valence-corrected chi connectivity index (χ1v) is 13.9. The second-order valence-electron chi connectivity index (χ2n) is 8.34. The highest BCUT2D eigenvalue weighted by atomic mass is 31.2. The lowest BCUT2D eigenvalue weighted by atomic mass is 10.0. The van der Waals surface area contributed by atoms with Crippen LogP contribution in [-0.4, -0.2) is 29.2 Å². The van der Waals surface area contributed by atoms with Gasteiger partial charge < -0.3 is 19.3 Å². The summed E-state index contributed by atoms with van der Waals surface area (Å²) in [5.41, 5.74) is 2.04. The molecule has 2 N–H and O–H groups in total. The largest absolute Gasteiger partial charge is 0.493 e. The van der Waals surface area contributed by atoms with Gasteiger partial charge in [-0.2, -0.15) is 0 Å². The summed E-state index contributed by atoms with van der Waals surface area (Å²) >= 11 is 0. The summed E-state index contributed by atoms with van der Waals surface area (Å²) in [6.07, 6.45) is 11.9. The Morgan fingerprint density at radius 1 is 0.727 bits per heavy atom. The van der Waals surface area contributed by atoms with Gasteiger partial charge >= 0.3 is 7.60 Å². The summed E-state index contributed by atoms with van der Waals surface area (Å²) < 4.78 is 23.2. The van der Waals surface area contributed by atoms with Gasteiger partial charge in [-0.3, -0.25) is 4.57 Å². The molecular formula is C27H39O5P. The lowest BCUT2D eigenvalue weighted by Crippen LogP contribution is -2.03. The number of unbranched alkanes of at least 4 members (excludes halogenated alkanes) is 8. The van der Waals surface area contributed by atoms with Crippen LogP contribution in [0.1, 0.15) is 64.2 Å². The van der Waals surface area contributed by atoms with Crippen LogP contribution >= 0.6 is 7.60 Å². The Kier molecular flexibility index (Phi) is 12.9. The van der Waals surface area contributed by atoms with Crippen LogP contribution in [0.15, 0.2) is 61.2 Å². The molecule has 0 aliphatic carbocycles. The van der Waals surface area contributed by atoms with Crippen molar-refractivity contribution in [2.24, 2.45) is 0 Å². The van der Waals surface area contributed by atoms with E-state index >= 15 is 0 Å². The first kappa shape index (κ1) is 27.2. The molecule has 5 nitrogen and oxygen atoms in total. The Hall–Kier alpha value is -2.07. The Bertz CT molecular complexity index is 847. The molecule has 0 aliphatic rings. The lowest BCUT2D eigenvalue weighted by Gasteiger charge is -2.17. The lowest BCUT2D eigenvalue weighted by molar-refractivity contribution is 0.292. The van der Waals surface area contributed by atoms with Crippen LogP contribution in [0.4, 0.5) is 0 Å². The predicted molar refractivity (Wildman–Crippen MR) is 136 cm³/mol. The smallest absolute Gasteiger partial charge is 0.325 e. The Morgan fingerprint density at radius 3 is 1.85 bits per heavy atom. The highest BCUT2D eigenvalue weighted by molar-refractivity contribution is 7.51. The van der Waals surface area contributed by atoms with Gasteiger partial charge in [0.1, 0.15) is 11.5 Å². The van der Waals surface area contributed by atoms with Crippen molar-refractivity contribution >= 4 is 7.60 Å². The minimum Gasteiger partial charge on any atom is -0.493 e. The Balaban J connectivity index is 1.88. The molecule has 2 rings (SSSR count). The number of hydrogen-bond donors (Lipinski definition) is 2. The quantitative estimate of drug-likeness (QED) is 0.134. The Morgan fingerprint density at radius 2 is 1.27 bits per heavy atom.